The Morgan fingerprint density at radius 1 is 1.29 bits per heavy atom. The number of aromatic nitrogens is 3. The number of aryl methyl sites for hydroxylation is 1. The van der Waals surface area contributed by atoms with Crippen molar-refractivity contribution in [1.29, 1.82) is 0 Å². The van der Waals surface area contributed by atoms with Crippen LogP contribution in [0.3, 0.4) is 0 Å². The van der Waals surface area contributed by atoms with Crippen molar-refractivity contribution in [1.82, 2.24) is 19.2 Å². The van der Waals surface area contributed by atoms with Gasteiger partial charge in [-0.05, 0) is 31.4 Å². The third-order valence-corrected chi connectivity index (χ3v) is 5.57. The summed E-state index contributed by atoms with van der Waals surface area (Å²) in [5, 5.41) is 4.65. The van der Waals surface area contributed by atoms with Crippen molar-refractivity contribution in [2.45, 2.75) is 50.9 Å². The molecule has 1 aliphatic carbocycles. The highest BCUT2D eigenvalue weighted by atomic mass is 16.5. The molecule has 1 fully saturated rings. The molecule has 1 aliphatic heterocycles. The summed E-state index contributed by atoms with van der Waals surface area (Å²) in [6, 6.07) is 4.03. The van der Waals surface area contributed by atoms with Gasteiger partial charge in [0, 0.05) is 38.7 Å². The molecule has 0 bridgehead atoms. The average Bonchev–Trinajstić information content (AvgIpc) is 3.23. The number of rotatable bonds is 5. The SMILES string of the molecule is COC1(CC(=O)N2Cc3c(Cn4cccc4)nn(C)c3C2)CCC1. The van der Waals surface area contributed by atoms with Crippen LogP contribution in [0, 0.1) is 0 Å². The van der Waals surface area contributed by atoms with Crippen molar-refractivity contribution in [2.24, 2.45) is 7.05 Å². The number of carbonyl (C=O) groups excluding carboxylic acids is 1. The zero-order chi connectivity index (χ0) is 16.7. The van der Waals surface area contributed by atoms with Crippen LogP contribution in [0.1, 0.15) is 42.6 Å². The Labute approximate surface area is 142 Å². The zero-order valence-corrected chi connectivity index (χ0v) is 14.4. The van der Waals surface area contributed by atoms with Crippen molar-refractivity contribution in [3.63, 3.8) is 0 Å². The first-order chi connectivity index (χ1) is 11.6. The van der Waals surface area contributed by atoms with E-state index >= 15 is 0 Å². The van der Waals surface area contributed by atoms with E-state index in [0.29, 0.717) is 19.5 Å². The molecule has 3 heterocycles. The van der Waals surface area contributed by atoms with Gasteiger partial charge in [-0.15, -0.1) is 0 Å². The third kappa shape index (κ3) is 2.55. The number of hydrogen-bond acceptors (Lipinski definition) is 3. The molecule has 0 aromatic carbocycles. The van der Waals surface area contributed by atoms with E-state index in [1.54, 1.807) is 7.11 Å². The highest BCUT2D eigenvalue weighted by Crippen LogP contribution is 2.39. The second kappa shape index (κ2) is 5.77. The number of methoxy groups -OCH3 is 1. The second-order valence-electron chi connectivity index (χ2n) is 7.02. The molecule has 1 saturated carbocycles. The van der Waals surface area contributed by atoms with Crippen molar-refractivity contribution in [3.05, 3.63) is 41.5 Å². The summed E-state index contributed by atoms with van der Waals surface area (Å²) in [5.74, 6) is 0.194. The number of amides is 1. The van der Waals surface area contributed by atoms with E-state index in [0.717, 1.165) is 37.2 Å². The minimum absolute atomic E-state index is 0.194. The van der Waals surface area contributed by atoms with Gasteiger partial charge in [-0.2, -0.15) is 5.10 Å². The number of nitrogens with zero attached hydrogens (tertiary/aromatic N) is 4. The van der Waals surface area contributed by atoms with Crippen molar-refractivity contribution in [3.8, 4) is 0 Å². The predicted octanol–water partition coefficient (Wildman–Crippen LogP) is 2.07. The molecule has 0 unspecified atom stereocenters. The number of hydrogen-bond donors (Lipinski definition) is 0. The Morgan fingerprint density at radius 2 is 2.04 bits per heavy atom. The quantitative estimate of drug-likeness (QED) is 0.844. The van der Waals surface area contributed by atoms with Gasteiger partial charge in [0.05, 0.1) is 36.5 Å². The maximum absolute atomic E-state index is 12.7. The molecule has 0 radical (unpaired) electrons. The van der Waals surface area contributed by atoms with Crippen molar-refractivity contribution >= 4 is 5.91 Å². The summed E-state index contributed by atoms with van der Waals surface area (Å²) in [7, 11) is 3.69. The van der Waals surface area contributed by atoms with E-state index in [1.165, 1.54) is 5.56 Å². The Kier molecular flexibility index (Phi) is 3.72. The topological polar surface area (TPSA) is 52.3 Å². The van der Waals surface area contributed by atoms with Crippen LogP contribution < -0.4 is 0 Å². The fraction of sp³-hybridized carbons (Fsp3) is 0.556. The summed E-state index contributed by atoms with van der Waals surface area (Å²) in [6.45, 7) is 2.07. The molecule has 0 N–H and O–H groups in total. The zero-order valence-electron chi connectivity index (χ0n) is 14.4. The highest BCUT2D eigenvalue weighted by molar-refractivity contribution is 5.78. The summed E-state index contributed by atoms with van der Waals surface area (Å²) >= 11 is 0. The molecule has 0 spiro atoms. The van der Waals surface area contributed by atoms with E-state index in [-0.39, 0.29) is 11.5 Å². The van der Waals surface area contributed by atoms with Crippen molar-refractivity contribution in [2.75, 3.05) is 7.11 Å². The van der Waals surface area contributed by atoms with Crippen molar-refractivity contribution < 1.29 is 9.53 Å². The predicted molar refractivity (Wildman–Crippen MR) is 89.2 cm³/mol. The Bertz CT molecular complexity index is 738. The molecule has 6 nitrogen and oxygen atoms in total. The monoisotopic (exact) mass is 328 g/mol. The van der Waals surface area contributed by atoms with Gasteiger partial charge < -0.3 is 14.2 Å². The fourth-order valence-electron chi connectivity index (χ4n) is 3.83. The van der Waals surface area contributed by atoms with Crippen LogP contribution in [0.4, 0.5) is 0 Å². The molecule has 2 aliphatic rings. The number of ether oxygens (including phenoxy) is 1. The van der Waals surface area contributed by atoms with Gasteiger partial charge in [-0.3, -0.25) is 9.48 Å². The lowest BCUT2D eigenvalue weighted by Crippen LogP contribution is -2.44. The molecule has 2 aromatic rings. The van der Waals surface area contributed by atoms with E-state index in [2.05, 4.69) is 9.67 Å². The molecule has 0 atom stereocenters. The molecule has 1 amide bonds. The first-order valence-corrected chi connectivity index (χ1v) is 8.57. The second-order valence-corrected chi connectivity index (χ2v) is 7.02. The Balaban J connectivity index is 1.48. The van der Waals surface area contributed by atoms with Gasteiger partial charge in [-0.1, -0.05) is 0 Å². The Morgan fingerprint density at radius 3 is 2.67 bits per heavy atom. The van der Waals surface area contributed by atoms with Crippen LogP contribution in [-0.2, 0) is 36.2 Å². The first kappa shape index (κ1) is 15.4. The highest BCUT2D eigenvalue weighted by Gasteiger charge is 2.41. The van der Waals surface area contributed by atoms with Crippen LogP contribution in [-0.4, -0.2) is 37.9 Å². The minimum atomic E-state index is -0.210. The normalized spacial score (nSPS) is 18.5. The molecular formula is C18H24N4O2. The third-order valence-electron chi connectivity index (χ3n) is 5.57. The molecule has 6 heteroatoms. The minimum Gasteiger partial charge on any atom is -0.378 e. The summed E-state index contributed by atoms with van der Waals surface area (Å²) in [6.07, 6.45) is 7.73. The lowest BCUT2D eigenvalue weighted by molar-refractivity contribution is -0.144. The van der Waals surface area contributed by atoms with E-state index in [4.69, 9.17) is 4.74 Å². The van der Waals surface area contributed by atoms with E-state index < -0.39 is 0 Å². The maximum Gasteiger partial charge on any atom is 0.226 e. The van der Waals surface area contributed by atoms with Gasteiger partial charge in [0.1, 0.15) is 0 Å². The van der Waals surface area contributed by atoms with Crippen LogP contribution in [0.2, 0.25) is 0 Å². The fourth-order valence-corrected chi connectivity index (χ4v) is 3.83. The smallest absolute Gasteiger partial charge is 0.226 e. The number of carbonyl (C=O) groups is 1. The van der Waals surface area contributed by atoms with Crippen LogP contribution in [0.5, 0.6) is 0 Å². The molecule has 128 valence electrons. The van der Waals surface area contributed by atoms with E-state index in [9.17, 15) is 4.79 Å². The van der Waals surface area contributed by atoms with Crippen LogP contribution in [0.25, 0.3) is 0 Å². The average molecular weight is 328 g/mol. The number of fused-ring (bicyclic) bond motifs is 1. The summed E-state index contributed by atoms with van der Waals surface area (Å²) in [4.78, 5) is 14.7. The summed E-state index contributed by atoms with van der Waals surface area (Å²) in [5.41, 5.74) is 3.22. The first-order valence-electron chi connectivity index (χ1n) is 8.57. The molecule has 0 saturated heterocycles. The molecule has 2 aromatic heterocycles. The van der Waals surface area contributed by atoms with Gasteiger partial charge in [0.15, 0.2) is 0 Å². The standard InChI is InChI=1S/C18H24N4O2/c1-20-16-13-22(17(23)10-18(24-2)6-5-7-18)11-14(16)15(19-20)12-21-8-3-4-9-21/h3-4,8-9H,5-7,10-13H2,1-2H3. The molecule has 24 heavy (non-hydrogen) atoms. The lowest BCUT2D eigenvalue weighted by Gasteiger charge is -2.40. The molecular weight excluding hydrogens is 304 g/mol. The van der Waals surface area contributed by atoms with Crippen LogP contribution >= 0.6 is 0 Å². The van der Waals surface area contributed by atoms with E-state index in [1.807, 2.05) is 41.2 Å². The lowest BCUT2D eigenvalue weighted by atomic mass is 9.77. The van der Waals surface area contributed by atoms with Gasteiger partial charge in [-0.25, -0.2) is 0 Å². The largest absolute Gasteiger partial charge is 0.378 e. The van der Waals surface area contributed by atoms with Crippen LogP contribution in [0.15, 0.2) is 24.5 Å². The molecule has 4 rings (SSSR count). The summed E-state index contributed by atoms with van der Waals surface area (Å²) < 4.78 is 9.65. The van der Waals surface area contributed by atoms with Gasteiger partial charge in [0.2, 0.25) is 5.91 Å². The van der Waals surface area contributed by atoms with Gasteiger partial charge >= 0.3 is 0 Å². The Hall–Kier alpha value is -2.08. The van der Waals surface area contributed by atoms with Gasteiger partial charge in [0.25, 0.3) is 0 Å². The maximum atomic E-state index is 12.7.